The maximum atomic E-state index is 12.5. The second kappa shape index (κ2) is 6.27. The third-order valence-electron chi connectivity index (χ3n) is 2.88. The van der Waals surface area contributed by atoms with E-state index in [1.807, 2.05) is 0 Å². The summed E-state index contributed by atoms with van der Waals surface area (Å²) >= 11 is 5.71. The van der Waals surface area contributed by atoms with Crippen LogP contribution < -0.4 is 0 Å². The fourth-order valence-corrected chi connectivity index (χ4v) is 3.33. The van der Waals surface area contributed by atoms with Crippen LogP contribution in [0.4, 0.5) is 0 Å². The average molecular weight is 356 g/mol. The number of carboxylic acids is 1. The number of sulfone groups is 1. The topological polar surface area (TPSA) is 125 Å². The number of carbonyl (C=O) groups is 2. The summed E-state index contributed by atoms with van der Waals surface area (Å²) in [4.78, 5) is 23.7. The number of aliphatic hydroxyl groups is 1. The van der Waals surface area contributed by atoms with Gasteiger partial charge in [0.05, 0.1) is 10.5 Å². The Balaban J connectivity index is 2.51. The van der Waals surface area contributed by atoms with Crippen LogP contribution in [0.5, 0.6) is 0 Å². The number of nitrogens with one attached hydrogen (secondary N) is 1. The predicted octanol–water partition coefficient (Wildman–Crippen LogP) is 2.05. The Morgan fingerprint density at radius 2 is 1.70 bits per heavy atom. The number of carboxylic acid groups (broad SMARTS) is 1. The van der Waals surface area contributed by atoms with Crippen LogP contribution in [0.25, 0.3) is 5.76 Å². The molecule has 0 unspecified atom stereocenters. The highest BCUT2D eigenvalue weighted by molar-refractivity contribution is 7.91. The van der Waals surface area contributed by atoms with Gasteiger partial charge in [0.2, 0.25) is 9.84 Å². The number of rotatable bonds is 5. The van der Waals surface area contributed by atoms with Gasteiger partial charge in [-0.25, -0.2) is 13.2 Å². The highest BCUT2D eigenvalue weighted by atomic mass is 35.5. The van der Waals surface area contributed by atoms with Crippen LogP contribution in [0.15, 0.2) is 52.5 Å². The fourth-order valence-electron chi connectivity index (χ4n) is 1.78. The van der Waals surface area contributed by atoms with E-state index in [-0.39, 0.29) is 15.4 Å². The smallest absolute Gasteiger partial charge is 0.376 e. The van der Waals surface area contributed by atoms with Crippen molar-refractivity contribution in [2.75, 3.05) is 0 Å². The quantitative estimate of drug-likeness (QED) is 0.428. The largest absolute Gasteiger partial charge is 0.507 e. The van der Waals surface area contributed by atoms with Crippen molar-refractivity contribution in [1.82, 2.24) is 4.98 Å². The zero-order valence-electron chi connectivity index (χ0n) is 11.4. The fraction of sp³-hybridized carbons (Fsp3) is 0. The van der Waals surface area contributed by atoms with E-state index in [2.05, 4.69) is 4.98 Å². The Kier molecular flexibility index (Phi) is 4.57. The zero-order chi connectivity index (χ0) is 17.2. The molecular weight excluding hydrogens is 346 g/mol. The molecular formula is C14H10ClNO6S. The molecule has 0 saturated carbocycles. The number of ketones is 1. The van der Waals surface area contributed by atoms with Gasteiger partial charge in [0, 0.05) is 23.5 Å². The summed E-state index contributed by atoms with van der Waals surface area (Å²) in [5, 5.41) is 18.7. The third-order valence-corrected chi connectivity index (χ3v) is 4.94. The number of hydrogen-bond acceptors (Lipinski definition) is 5. The maximum Gasteiger partial charge on any atom is 0.376 e. The lowest BCUT2D eigenvalue weighted by molar-refractivity contribution is -0.146. The number of aliphatic carboxylic acids is 1. The van der Waals surface area contributed by atoms with E-state index in [0.717, 1.165) is 12.4 Å². The lowest BCUT2D eigenvalue weighted by Crippen LogP contribution is -2.10. The Bertz CT molecular complexity index is 896. The molecule has 0 spiro atoms. The molecule has 0 radical (unpaired) electrons. The van der Waals surface area contributed by atoms with Gasteiger partial charge in [-0.3, -0.25) is 4.79 Å². The summed E-state index contributed by atoms with van der Waals surface area (Å²) < 4.78 is 25.1. The standard InChI is InChI=1S/C14H10ClNO6S/c15-8-1-3-9(4-2-8)23(21,22)13-7-16-6-10(13)11(17)5-12(18)14(19)20/h1-7,16-17H,(H,19,20). The number of aromatic nitrogens is 1. The van der Waals surface area contributed by atoms with Gasteiger partial charge in [0.15, 0.2) is 0 Å². The summed E-state index contributed by atoms with van der Waals surface area (Å²) in [7, 11) is -3.99. The summed E-state index contributed by atoms with van der Waals surface area (Å²) in [5.74, 6) is -3.92. The number of aliphatic hydroxyl groups excluding tert-OH is 1. The van der Waals surface area contributed by atoms with Gasteiger partial charge >= 0.3 is 5.97 Å². The van der Waals surface area contributed by atoms with Gasteiger partial charge in [-0.05, 0) is 24.3 Å². The summed E-state index contributed by atoms with van der Waals surface area (Å²) in [6.45, 7) is 0. The van der Waals surface area contributed by atoms with E-state index in [0.29, 0.717) is 11.1 Å². The van der Waals surface area contributed by atoms with Crippen LogP contribution in [0.2, 0.25) is 5.02 Å². The van der Waals surface area contributed by atoms with Crippen LogP contribution in [-0.4, -0.2) is 35.4 Å². The highest BCUT2D eigenvalue weighted by Crippen LogP contribution is 2.28. The van der Waals surface area contributed by atoms with Crippen molar-refractivity contribution in [1.29, 1.82) is 0 Å². The van der Waals surface area contributed by atoms with Crippen molar-refractivity contribution >= 4 is 38.9 Å². The minimum absolute atomic E-state index is 0.0693. The molecule has 7 nitrogen and oxygen atoms in total. The van der Waals surface area contributed by atoms with Crippen LogP contribution in [0.3, 0.4) is 0 Å². The minimum atomic E-state index is -3.99. The van der Waals surface area contributed by atoms with Gasteiger partial charge in [-0.15, -0.1) is 0 Å². The first kappa shape index (κ1) is 16.8. The minimum Gasteiger partial charge on any atom is -0.507 e. The first-order valence-electron chi connectivity index (χ1n) is 6.09. The first-order chi connectivity index (χ1) is 10.7. The molecule has 1 aromatic carbocycles. The van der Waals surface area contributed by atoms with Crippen LogP contribution in [0, 0.1) is 0 Å². The van der Waals surface area contributed by atoms with Crippen molar-refractivity contribution < 1.29 is 28.2 Å². The second-order valence-electron chi connectivity index (χ2n) is 4.39. The van der Waals surface area contributed by atoms with Gasteiger partial charge in [-0.2, -0.15) is 0 Å². The molecule has 0 aliphatic rings. The highest BCUT2D eigenvalue weighted by Gasteiger charge is 2.24. The summed E-state index contributed by atoms with van der Waals surface area (Å²) in [6, 6.07) is 5.37. The summed E-state index contributed by atoms with van der Waals surface area (Å²) in [6.07, 6.45) is 2.70. The van der Waals surface area contributed by atoms with Crippen LogP contribution >= 0.6 is 11.6 Å². The lowest BCUT2D eigenvalue weighted by Gasteiger charge is -2.05. The average Bonchev–Trinajstić information content (AvgIpc) is 2.97. The van der Waals surface area contributed by atoms with Gasteiger partial charge in [0.25, 0.3) is 5.78 Å². The molecule has 0 aliphatic carbocycles. The van der Waals surface area contributed by atoms with Crippen molar-refractivity contribution in [2.24, 2.45) is 0 Å². The Morgan fingerprint density at radius 1 is 1.09 bits per heavy atom. The molecule has 0 bridgehead atoms. The first-order valence-corrected chi connectivity index (χ1v) is 7.95. The number of H-pyrrole nitrogens is 1. The van der Waals surface area contributed by atoms with E-state index in [9.17, 15) is 23.1 Å². The Morgan fingerprint density at radius 3 is 2.26 bits per heavy atom. The van der Waals surface area contributed by atoms with Gasteiger partial charge < -0.3 is 15.2 Å². The number of hydrogen-bond donors (Lipinski definition) is 3. The molecule has 0 atom stereocenters. The molecule has 120 valence electrons. The molecule has 3 N–H and O–H groups in total. The van der Waals surface area contributed by atoms with E-state index in [1.165, 1.54) is 24.3 Å². The third kappa shape index (κ3) is 3.43. The van der Waals surface area contributed by atoms with Crippen molar-refractivity contribution in [2.45, 2.75) is 9.79 Å². The van der Waals surface area contributed by atoms with Gasteiger partial charge in [0.1, 0.15) is 10.7 Å². The van der Waals surface area contributed by atoms with Crippen LogP contribution in [0.1, 0.15) is 5.56 Å². The number of halogens is 1. The second-order valence-corrected chi connectivity index (χ2v) is 6.74. The van der Waals surface area contributed by atoms with Gasteiger partial charge in [-0.1, -0.05) is 11.6 Å². The molecule has 0 aliphatic heterocycles. The summed E-state index contributed by atoms with van der Waals surface area (Å²) in [5.41, 5.74) is -0.213. The number of benzene rings is 1. The maximum absolute atomic E-state index is 12.5. The van der Waals surface area contributed by atoms with Crippen molar-refractivity contribution in [3.8, 4) is 0 Å². The monoisotopic (exact) mass is 355 g/mol. The molecule has 0 fully saturated rings. The molecule has 2 rings (SSSR count). The van der Waals surface area contributed by atoms with E-state index >= 15 is 0 Å². The zero-order valence-corrected chi connectivity index (χ0v) is 12.9. The molecule has 0 saturated heterocycles. The van der Waals surface area contributed by atoms with E-state index in [1.54, 1.807) is 0 Å². The predicted molar refractivity (Wildman–Crippen MR) is 80.9 cm³/mol. The molecule has 1 aromatic heterocycles. The SMILES string of the molecule is O=C(O)C(=O)C=C(O)c1c[nH]cc1S(=O)(=O)c1ccc(Cl)cc1. The molecule has 9 heteroatoms. The van der Waals surface area contributed by atoms with Crippen molar-refractivity contribution in [3.63, 3.8) is 0 Å². The normalized spacial score (nSPS) is 12.1. The lowest BCUT2D eigenvalue weighted by atomic mass is 10.2. The Labute approximate surface area is 135 Å². The van der Waals surface area contributed by atoms with E-state index in [4.69, 9.17) is 16.7 Å². The van der Waals surface area contributed by atoms with Crippen molar-refractivity contribution in [3.05, 3.63) is 53.3 Å². The molecule has 1 heterocycles. The molecule has 0 amide bonds. The Hall–Kier alpha value is -2.58. The number of carbonyl (C=O) groups excluding carboxylic acids is 1. The van der Waals surface area contributed by atoms with E-state index < -0.39 is 27.3 Å². The number of aromatic amines is 1. The molecule has 2 aromatic rings. The molecule has 23 heavy (non-hydrogen) atoms. The van der Waals surface area contributed by atoms with Crippen LogP contribution in [-0.2, 0) is 19.4 Å².